The summed E-state index contributed by atoms with van der Waals surface area (Å²) >= 11 is 5.86. The molecular weight excluding hydrogens is 394 g/mol. The minimum absolute atomic E-state index is 0.226. The maximum Gasteiger partial charge on any atom is 0.347 e. The third-order valence-electron chi connectivity index (χ3n) is 4.24. The zero-order valence-electron chi connectivity index (χ0n) is 17.0. The topological polar surface area (TPSA) is 84.9 Å². The summed E-state index contributed by atoms with van der Waals surface area (Å²) in [5.41, 5.74) is -1.35. The van der Waals surface area contributed by atoms with Crippen LogP contribution in [0.4, 0.5) is 0 Å². The number of carboxylic acid groups (broad SMARTS) is 1. The lowest BCUT2D eigenvalue weighted by Crippen LogP contribution is -2.47. The second kappa shape index (κ2) is 9.18. The molecule has 0 fully saturated rings. The Morgan fingerprint density at radius 2 is 1.38 bits per heavy atom. The normalized spacial score (nSPS) is 11.6. The van der Waals surface area contributed by atoms with Crippen molar-refractivity contribution in [2.45, 2.75) is 45.3 Å². The molecule has 156 valence electrons. The highest BCUT2D eigenvalue weighted by molar-refractivity contribution is 6.30. The van der Waals surface area contributed by atoms with Gasteiger partial charge in [0.15, 0.2) is 11.2 Å². The van der Waals surface area contributed by atoms with Gasteiger partial charge in [0.2, 0.25) is 0 Å². The Bertz CT molecular complexity index is 845. The van der Waals surface area contributed by atoms with Gasteiger partial charge < -0.3 is 19.9 Å². The number of hydrogen-bond donors (Lipinski definition) is 2. The Morgan fingerprint density at radius 1 is 0.897 bits per heavy atom. The van der Waals surface area contributed by atoms with E-state index in [1.165, 1.54) is 13.8 Å². The highest BCUT2D eigenvalue weighted by Crippen LogP contribution is 2.21. The van der Waals surface area contributed by atoms with E-state index in [9.17, 15) is 9.59 Å². The summed E-state index contributed by atoms with van der Waals surface area (Å²) in [6.07, 6.45) is 0.616. The zero-order chi connectivity index (χ0) is 21.7. The Labute approximate surface area is 175 Å². The van der Waals surface area contributed by atoms with Gasteiger partial charge in [0, 0.05) is 11.6 Å². The number of nitrogens with one attached hydrogen (secondary N) is 1. The first-order valence-electron chi connectivity index (χ1n) is 9.24. The quantitative estimate of drug-likeness (QED) is 0.639. The monoisotopic (exact) mass is 419 g/mol. The molecule has 0 aliphatic rings. The second-order valence-electron chi connectivity index (χ2n) is 7.63. The molecule has 0 saturated carbocycles. The minimum Gasteiger partial charge on any atom is -0.478 e. The van der Waals surface area contributed by atoms with Crippen LogP contribution in [0.15, 0.2) is 48.5 Å². The third kappa shape index (κ3) is 6.68. The van der Waals surface area contributed by atoms with E-state index in [0.29, 0.717) is 29.5 Å². The minimum atomic E-state index is -1.30. The van der Waals surface area contributed by atoms with Crippen molar-refractivity contribution in [1.82, 2.24) is 5.32 Å². The average molecular weight is 420 g/mol. The van der Waals surface area contributed by atoms with E-state index >= 15 is 0 Å². The van der Waals surface area contributed by atoms with Crippen molar-refractivity contribution in [2.24, 2.45) is 0 Å². The molecule has 0 saturated heterocycles. The predicted octanol–water partition coefficient (Wildman–Crippen LogP) is 4.10. The summed E-state index contributed by atoms with van der Waals surface area (Å²) in [4.78, 5) is 23.6. The summed E-state index contributed by atoms with van der Waals surface area (Å²) in [5, 5.41) is 12.6. The van der Waals surface area contributed by atoms with Crippen molar-refractivity contribution in [3.05, 3.63) is 59.1 Å². The lowest BCUT2D eigenvalue weighted by atomic mass is 10.1. The molecule has 0 atom stereocenters. The van der Waals surface area contributed by atoms with Gasteiger partial charge in [-0.2, -0.15) is 0 Å². The Balaban J connectivity index is 1.84. The highest BCUT2D eigenvalue weighted by Gasteiger charge is 2.30. The molecule has 1 amide bonds. The van der Waals surface area contributed by atoms with Crippen LogP contribution in [0.3, 0.4) is 0 Å². The molecule has 0 aliphatic carbocycles. The smallest absolute Gasteiger partial charge is 0.347 e. The molecular formula is C22H26ClNO5. The molecule has 7 heteroatoms. The van der Waals surface area contributed by atoms with E-state index in [1.807, 2.05) is 12.1 Å². The Kier molecular flexibility index (Phi) is 7.14. The van der Waals surface area contributed by atoms with Gasteiger partial charge >= 0.3 is 5.97 Å². The SMILES string of the molecule is CC(C)(Oc1ccc(CCNC(=O)C(C)(C)Oc2ccc(Cl)cc2)cc1)C(=O)O. The van der Waals surface area contributed by atoms with Crippen LogP contribution >= 0.6 is 11.6 Å². The predicted molar refractivity (Wildman–Crippen MR) is 112 cm³/mol. The summed E-state index contributed by atoms with van der Waals surface area (Å²) in [7, 11) is 0. The summed E-state index contributed by atoms with van der Waals surface area (Å²) in [5.74, 6) is -0.222. The zero-order valence-corrected chi connectivity index (χ0v) is 17.7. The number of carbonyl (C=O) groups is 2. The average Bonchev–Trinajstić information content (AvgIpc) is 2.64. The van der Waals surface area contributed by atoms with Crippen LogP contribution in [0, 0.1) is 0 Å². The number of benzene rings is 2. The number of carbonyl (C=O) groups excluding carboxylic acids is 1. The summed E-state index contributed by atoms with van der Waals surface area (Å²) in [6.45, 7) is 6.83. The van der Waals surface area contributed by atoms with Crippen molar-refractivity contribution < 1.29 is 24.2 Å². The first-order chi connectivity index (χ1) is 13.5. The van der Waals surface area contributed by atoms with Crippen LogP contribution in [-0.2, 0) is 16.0 Å². The molecule has 0 aliphatic heterocycles. The number of rotatable bonds is 9. The van der Waals surface area contributed by atoms with Gasteiger partial charge in [-0.25, -0.2) is 4.79 Å². The van der Waals surface area contributed by atoms with Gasteiger partial charge in [0.1, 0.15) is 11.5 Å². The van der Waals surface area contributed by atoms with E-state index in [2.05, 4.69) is 5.32 Å². The molecule has 2 N–H and O–H groups in total. The summed E-state index contributed by atoms with van der Waals surface area (Å²) in [6, 6.07) is 14.0. The second-order valence-corrected chi connectivity index (χ2v) is 8.07. The molecule has 29 heavy (non-hydrogen) atoms. The number of halogens is 1. The van der Waals surface area contributed by atoms with Gasteiger partial charge in [-0.1, -0.05) is 23.7 Å². The van der Waals surface area contributed by atoms with Crippen molar-refractivity contribution in [2.75, 3.05) is 6.54 Å². The Hall–Kier alpha value is -2.73. The maximum absolute atomic E-state index is 12.5. The fourth-order valence-corrected chi connectivity index (χ4v) is 2.57. The fourth-order valence-electron chi connectivity index (χ4n) is 2.44. The molecule has 0 radical (unpaired) electrons. The molecule has 6 nitrogen and oxygen atoms in total. The number of ether oxygens (including phenoxy) is 2. The molecule has 2 rings (SSSR count). The first-order valence-corrected chi connectivity index (χ1v) is 9.62. The molecule has 2 aromatic rings. The van der Waals surface area contributed by atoms with E-state index < -0.39 is 17.2 Å². The lowest BCUT2D eigenvalue weighted by Gasteiger charge is -2.25. The number of aliphatic carboxylic acids is 1. The van der Waals surface area contributed by atoms with Crippen LogP contribution in [0.5, 0.6) is 11.5 Å². The van der Waals surface area contributed by atoms with Gasteiger partial charge in [-0.05, 0) is 76.1 Å². The van der Waals surface area contributed by atoms with Gasteiger partial charge in [-0.3, -0.25) is 4.79 Å². The number of carboxylic acids is 1. The highest BCUT2D eigenvalue weighted by atomic mass is 35.5. The van der Waals surface area contributed by atoms with E-state index in [-0.39, 0.29) is 5.91 Å². The lowest BCUT2D eigenvalue weighted by molar-refractivity contribution is -0.152. The molecule has 0 heterocycles. The molecule has 0 spiro atoms. The Morgan fingerprint density at radius 3 is 1.90 bits per heavy atom. The van der Waals surface area contributed by atoms with E-state index in [4.69, 9.17) is 26.2 Å². The van der Waals surface area contributed by atoms with Crippen molar-refractivity contribution in [3.63, 3.8) is 0 Å². The van der Waals surface area contributed by atoms with Gasteiger partial charge in [-0.15, -0.1) is 0 Å². The van der Waals surface area contributed by atoms with Crippen molar-refractivity contribution >= 4 is 23.5 Å². The third-order valence-corrected chi connectivity index (χ3v) is 4.50. The van der Waals surface area contributed by atoms with Crippen LogP contribution in [-0.4, -0.2) is 34.7 Å². The van der Waals surface area contributed by atoms with Crippen LogP contribution in [0.25, 0.3) is 0 Å². The fraction of sp³-hybridized carbons (Fsp3) is 0.364. The number of hydrogen-bond acceptors (Lipinski definition) is 4. The summed E-state index contributed by atoms with van der Waals surface area (Å²) < 4.78 is 11.2. The molecule has 2 aromatic carbocycles. The molecule has 0 aromatic heterocycles. The first kappa shape index (κ1) is 22.6. The molecule has 0 bridgehead atoms. The number of amides is 1. The van der Waals surface area contributed by atoms with Crippen LogP contribution in [0.2, 0.25) is 5.02 Å². The van der Waals surface area contributed by atoms with Gasteiger partial charge in [0.25, 0.3) is 5.91 Å². The molecule has 0 unspecified atom stereocenters. The largest absolute Gasteiger partial charge is 0.478 e. The standard InChI is InChI=1S/C22H26ClNO5/c1-21(2,28-18-11-7-16(23)8-12-18)19(25)24-14-13-15-5-9-17(10-6-15)29-22(3,4)20(26)27/h5-12H,13-14H2,1-4H3,(H,24,25)(H,26,27). The van der Waals surface area contributed by atoms with Crippen molar-refractivity contribution in [3.8, 4) is 11.5 Å². The van der Waals surface area contributed by atoms with E-state index in [0.717, 1.165) is 5.56 Å². The maximum atomic E-state index is 12.5. The van der Waals surface area contributed by atoms with Crippen LogP contribution < -0.4 is 14.8 Å². The van der Waals surface area contributed by atoms with Crippen LogP contribution in [0.1, 0.15) is 33.3 Å². The van der Waals surface area contributed by atoms with E-state index in [1.54, 1.807) is 50.2 Å². The van der Waals surface area contributed by atoms with Gasteiger partial charge in [0.05, 0.1) is 0 Å². The van der Waals surface area contributed by atoms with Crippen molar-refractivity contribution in [1.29, 1.82) is 0 Å².